The number of nitro groups is 1. The van der Waals surface area contributed by atoms with Gasteiger partial charge in [0, 0.05) is 12.1 Å². The van der Waals surface area contributed by atoms with Gasteiger partial charge in [-0.15, -0.1) is 0 Å². The van der Waals surface area contributed by atoms with Gasteiger partial charge in [0.15, 0.2) is 0 Å². The summed E-state index contributed by atoms with van der Waals surface area (Å²) in [5.41, 5.74) is 0.107. The Morgan fingerprint density at radius 1 is 1.47 bits per heavy atom. The Bertz CT molecular complexity index is 625. The third-order valence-electron chi connectivity index (χ3n) is 2.35. The monoisotopic (exact) mass is 288 g/mol. The minimum Gasteiger partial charge on any atom is -0.480 e. The van der Waals surface area contributed by atoms with Crippen LogP contribution < -0.4 is 4.31 Å². The first-order chi connectivity index (χ1) is 8.62. The predicted octanol–water partition coefficient (Wildman–Crippen LogP) is 0.754. The summed E-state index contributed by atoms with van der Waals surface area (Å²) >= 11 is 0. The van der Waals surface area contributed by atoms with Crippen LogP contribution in [0.5, 0.6) is 0 Å². The first-order valence-electron chi connectivity index (χ1n) is 5.07. The van der Waals surface area contributed by atoms with E-state index in [9.17, 15) is 23.3 Å². The van der Waals surface area contributed by atoms with E-state index in [0.717, 1.165) is 12.3 Å². The fraction of sp³-hybridized carbons (Fsp3) is 0.300. The smallest absolute Gasteiger partial charge is 0.324 e. The van der Waals surface area contributed by atoms with Crippen molar-refractivity contribution in [1.29, 1.82) is 0 Å². The molecule has 1 aromatic carbocycles. The molecule has 0 aromatic heterocycles. The Morgan fingerprint density at radius 3 is 2.47 bits per heavy atom. The Labute approximate surface area is 109 Å². The summed E-state index contributed by atoms with van der Waals surface area (Å²) in [6.45, 7) is 0.750. The fourth-order valence-electron chi connectivity index (χ4n) is 1.48. The lowest BCUT2D eigenvalue weighted by molar-refractivity contribution is -0.384. The minimum absolute atomic E-state index is 0.0147. The number of carboxylic acids is 1. The lowest BCUT2D eigenvalue weighted by Gasteiger charge is -2.21. The summed E-state index contributed by atoms with van der Waals surface area (Å²) in [4.78, 5) is 20.7. The third-order valence-corrected chi connectivity index (χ3v) is 3.48. The molecule has 0 spiro atoms. The zero-order chi connectivity index (χ0) is 14.8. The highest BCUT2D eigenvalue weighted by Crippen LogP contribution is 2.27. The van der Waals surface area contributed by atoms with E-state index in [4.69, 9.17) is 5.11 Å². The number of hydrogen-bond donors (Lipinski definition) is 1. The molecule has 0 aliphatic rings. The van der Waals surface area contributed by atoms with Crippen LogP contribution in [0, 0.1) is 17.0 Å². The van der Waals surface area contributed by atoms with E-state index in [1.54, 1.807) is 6.92 Å². The summed E-state index contributed by atoms with van der Waals surface area (Å²) in [5.74, 6) is -1.35. The van der Waals surface area contributed by atoms with Crippen LogP contribution in [0.1, 0.15) is 5.56 Å². The van der Waals surface area contributed by atoms with Crippen LogP contribution >= 0.6 is 0 Å². The first-order valence-corrected chi connectivity index (χ1v) is 6.92. The molecule has 0 amide bonds. The van der Waals surface area contributed by atoms with Crippen LogP contribution in [0.3, 0.4) is 0 Å². The van der Waals surface area contributed by atoms with E-state index in [1.807, 2.05) is 0 Å². The number of nitro benzene ring substituents is 1. The van der Waals surface area contributed by atoms with Crippen molar-refractivity contribution < 1.29 is 23.2 Å². The number of benzene rings is 1. The number of sulfonamides is 1. The number of rotatable bonds is 5. The Balaban J connectivity index is 3.41. The molecule has 0 heterocycles. The van der Waals surface area contributed by atoms with E-state index >= 15 is 0 Å². The molecule has 0 unspecified atom stereocenters. The van der Waals surface area contributed by atoms with Gasteiger partial charge in [-0.3, -0.25) is 19.2 Å². The van der Waals surface area contributed by atoms with Gasteiger partial charge in [0.05, 0.1) is 16.9 Å². The van der Waals surface area contributed by atoms with Crippen LogP contribution in [0.4, 0.5) is 11.4 Å². The topological polar surface area (TPSA) is 118 Å². The lowest BCUT2D eigenvalue weighted by Crippen LogP contribution is -2.35. The van der Waals surface area contributed by atoms with Crippen molar-refractivity contribution >= 4 is 27.4 Å². The molecule has 0 aliphatic heterocycles. The maximum absolute atomic E-state index is 11.6. The van der Waals surface area contributed by atoms with Crippen molar-refractivity contribution in [3.8, 4) is 0 Å². The average molecular weight is 288 g/mol. The van der Waals surface area contributed by atoms with Crippen LogP contribution in [-0.2, 0) is 14.8 Å². The molecule has 0 fully saturated rings. The Morgan fingerprint density at radius 2 is 2.05 bits per heavy atom. The van der Waals surface area contributed by atoms with Crippen molar-refractivity contribution in [2.45, 2.75) is 6.92 Å². The van der Waals surface area contributed by atoms with Gasteiger partial charge in [-0.1, -0.05) is 6.07 Å². The summed E-state index contributed by atoms with van der Waals surface area (Å²) < 4.78 is 23.8. The quantitative estimate of drug-likeness (QED) is 0.631. The molecule has 0 saturated heterocycles. The normalized spacial score (nSPS) is 11.1. The van der Waals surface area contributed by atoms with Crippen molar-refractivity contribution in [2.24, 2.45) is 0 Å². The highest BCUT2D eigenvalue weighted by Gasteiger charge is 2.23. The maximum atomic E-state index is 11.6. The second-order valence-corrected chi connectivity index (χ2v) is 5.80. The molecular formula is C10H12N2O6S. The van der Waals surface area contributed by atoms with E-state index in [1.165, 1.54) is 12.1 Å². The van der Waals surface area contributed by atoms with Crippen molar-refractivity contribution in [3.05, 3.63) is 33.9 Å². The number of hydrogen-bond acceptors (Lipinski definition) is 5. The summed E-state index contributed by atoms with van der Waals surface area (Å²) in [5, 5.41) is 19.4. The van der Waals surface area contributed by atoms with Crippen molar-refractivity contribution in [3.63, 3.8) is 0 Å². The van der Waals surface area contributed by atoms with Gasteiger partial charge in [0.2, 0.25) is 10.0 Å². The molecular weight excluding hydrogens is 276 g/mol. The molecule has 1 N–H and O–H groups in total. The number of carboxylic acid groups (broad SMARTS) is 1. The molecule has 0 atom stereocenters. The molecule has 0 aliphatic carbocycles. The number of nitrogens with zero attached hydrogens (tertiary/aromatic N) is 2. The molecule has 8 nitrogen and oxygen atoms in total. The second kappa shape index (κ2) is 5.22. The van der Waals surface area contributed by atoms with E-state index in [2.05, 4.69) is 0 Å². The summed E-state index contributed by atoms with van der Waals surface area (Å²) in [6, 6.07) is 3.63. The first kappa shape index (κ1) is 14.9. The SMILES string of the molecule is Cc1ccc([N+](=O)[O-])cc1N(CC(=O)O)S(C)(=O)=O. The van der Waals surface area contributed by atoms with Crippen LogP contribution in [0.2, 0.25) is 0 Å². The molecule has 104 valence electrons. The van der Waals surface area contributed by atoms with E-state index in [0.29, 0.717) is 9.87 Å². The van der Waals surface area contributed by atoms with E-state index in [-0.39, 0.29) is 11.4 Å². The largest absolute Gasteiger partial charge is 0.480 e. The summed E-state index contributed by atoms with van der Waals surface area (Å²) in [7, 11) is -3.85. The minimum atomic E-state index is -3.85. The third kappa shape index (κ3) is 3.65. The van der Waals surface area contributed by atoms with Gasteiger partial charge in [-0.05, 0) is 12.5 Å². The van der Waals surface area contributed by atoms with Gasteiger partial charge < -0.3 is 5.11 Å². The molecule has 0 bridgehead atoms. The standard InChI is InChI=1S/C10H12N2O6S/c1-7-3-4-8(12(15)16)5-9(7)11(6-10(13)14)19(2,17)18/h3-5H,6H2,1-2H3,(H,13,14). The maximum Gasteiger partial charge on any atom is 0.324 e. The van der Waals surface area contributed by atoms with E-state index < -0.39 is 27.5 Å². The van der Waals surface area contributed by atoms with Crippen LogP contribution in [-0.4, -0.2) is 37.2 Å². The summed E-state index contributed by atoms with van der Waals surface area (Å²) in [6.07, 6.45) is 0.841. The number of carbonyl (C=O) groups is 1. The van der Waals surface area contributed by atoms with Crippen LogP contribution in [0.15, 0.2) is 18.2 Å². The zero-order valence-electron chi connectivity index (χ0n) is 10.2. The van der Waals surface area contributed by atoms with Gasteiger partial charge in [-0.25, -0.2) is 8.42 Å². The van der Waals surface area contributed by atoms with Gasteiger partial charge in [0.25, 0.3) is 5.69 Å². The van der Waals surface area contributed by atoms with Crippen molar-refractivity contribution in [1.82, 2.24) is 0 Å². The molecule has 0 radical (unpaired) electrons. The average Bonchev–Trinajstić information content (AvgIpc) is 2.25. The second-order valence-electron chi connectivity index (χ2n) is 3.89. The molecule has 1 aromatic rings. The van der Waals surface area contributed by atoms with Crippen LogP contribution in [0.25, 0.3) is 0 Å². The van der Waals surface area contributed by atoms with Gasteiger partial charge in [0.1, 0.15) is 6.54 Å². The Hall–Kier alpha value is -2.16. The van der Waals surface area contributed by atoms with Crippen molar-refractivity contribution in [2.75, 3.05) is 17.1 Å². The molecule has 9 heteroatoms. The van der Waals surface area contributed by atoms with Gasteiger partial charge >= 0.3 is 5.97 Å². The number of aliphatic carboxylic acids is 1. The number of non-ortho nitro benzene ring substituents is 1. The predicted molar refractivity (Wildman–Crippen MR) is 67.7 cm³/mol. The lowest BCUT2D eigenvalue weighted by atomic mass is 10.2. The van der Waals surface area contributed by atoms with Gasteiger partial charge in [-0.2, -0.15) is 0 Å². The highest BCUT2D eigenvalue weighted by atomic mass is 32.2. The number of anilines is 1. The molecule has 1 rings (SSSR count). The number of aryl methyl sites for hydroxylation is 1. The fourth-order valence-corrected chi connectivity index (χ4v) is 2.38. The highest BCUT2D eigenvalue weighted by molar-refractivity contribution is 7.92. The molecule has 19 heavy (non-hydrogen) atoms. The zero-order valence-corrected chi connectivity index (χ0v) is 11.0. The Kier molecular flexibility index (Phi) is 4.10. The molecule has 0 saturated carbocycles.